The summed E-state index contributed by atoms with van der Waals surface area (Å²) in [5.74, 6) is -3.12. The number of hydrogen-bond donors (Lipinski definition) is 3. The number of rotatable bonds is 53. The highest BCUT2D eigenvalue weighted by molar-refractivity contribution is 5.74. The van der Waals surface area contributed by atoms with Gasteiger partial charge in [-0.1, -0.05) is 211 Å². The van der Waals surface area contributed by atoms with Gasteiger partial charge in [-0.25, -0.2) is 4.79 Å². The Labute approximate surface area is 457 Å². The number of aliphatic carboxylic acids is 1. The minimum atomic E-state index is -1.90. The van der Waals surface area contributed by atoms with Crippen LogP contribution in [0.15, 0.2) is 36.5 Å². The fourth-order valence-electron chi connectivity index (χ4n) is 9.35. The molecule has 0 bridgehead atoms. The lowest BCUT2D eigenvalue weighted by Gasteiger charge is -2.40. The Bertz CT molecular complexity index is 1450. The fraction of sp³-hybridized carbons (Fsp3) is 0.841. The van der Waals surface area contributed by atoms with Crippen LogP contribution in [0.1, 0.15) is 290 Å². The van der Waals surface area contributed by atoms with Crippen LogP contribution in [0, 0.1) is 0 Å². The Balaban J connectivity index is 2.65. The Morgan fingerprint density at radius 3 is 1.15 bits per heavy atom. The van der Waals surface area contributed by atoms with Gasteiger partial charge in [0.05, 0.1) is 6.61 Å². The van der Waals surface area contributed by atoms with E-state index in [0.717, 1.165) is 96.3 Å². The first-order valence-corrected chi connectivity index (χ1v) is 31.0. The van der Waals surface area contributed by atoms with E-state index >= 15 is 0 Å². The van der Waals surface area contributed by atoms with Crippen LogP contribution in [0.3, 0.4) is 0 Å². The van der Waals surface area contributed by atoms with Gasteiger partial charge in [-0.3, -0.25) is 14.4 Å². The number of esters is 3. The van der Waals surface area contributed by atoms with Gasteiger partial charge >= 0.3 is 23.9 Å². The van der Waals surface area contributed by atoms with Crippen LogP contribution in [-0.2, 0) is 42.9 Å². The largest absolute Gasteiger partial charge is 0.479 e. The van der Waals surface area contributed by atoms with Gasteiger partial charge in [0.2, 0.25) is 0 Å². The number of carbonyl (C=O) groups is 4. The first kappa shape index (κ1) is 70.0. The number of unbranched alkanes of at least 4 members (excludes halogenated alkanes) is 33. The van der Waals surface area contributed by atoms with Gasteiger partial charge in [0.15, 0.2) is 24.6 Å². The van der Waals surface area contributed by atoms with Crippen LogP contribution < -0.4 is 0 Å². The van der Waals surface area contributed by atoms with E-state index in [2.05, 4.69) is 57.2 Å². The molecule has 0 radical (unpaired) electrons. The number of carboxylic acids is 1. The third kappa shape index (κ3) is 41.7. The van der Waals surface area contributed by atoms with Crippen LogP contribution in [0.25, 0.3) is 0 Å². The van der Waals surface area contributed by atoms with Crippen molar-refractivity contribution in [1.29, 1.82) is 0 Å². The summed E-state index contributed by atoms with van der Waals surface area (Å²) in [6.07, 6.45) is 48.3. The molecule has 1 heterocycles. The molecule has 3 N–H and O–H groups in total. The molecule has 75 heavy (non-hydrogen) atoms. The monoisotopic (exact) mass is 1060 g/mol. The van der Waals surface area contributed by atoms with Crippen molar-refractivity contribution in [2.75, 3.05) is 13.2 Å². The molecule has 0 aliphatic carbocycles. The summed E-state index contributed by atoms with van der Waals surface area (Å²) >= 11 is 0. The average molecular weight is 1060 g/mol. The number of aliphatic hydroxyl groups excluding tert-OH is 2. The molecule has 1 aliphatic rings. The minimum absolute atomic E-state index is 0.0518. The zero-order valence-corrected chi connectivity index (χ0v) is 48.1. The third-order valence-electron chi connectivity index (χ3n) is 14.2. The highest BCUT2D eigenvalue weighted by atomic mass is 16.7. The number of allylic oxidation sites excluding steroid dienone is 6. The molecule has 1 fully saturated rings. The van der Waals surface area contributed by atoms with Gasteiger partial charge in [0.25, 0.3) is 0 Å². The second kappa shape index (κ2) is 51.7. The van der Waals surface area contributed by atoms with E-state index in [1.54, 1.807) is 0 Å². The molecule has 436 valence electrons. The average Bonchev–Trinajstić information content (AvgIpc) is 3.39. The van der Waals surface area contributed by atoms with Gasteiger partial charge in [-0.15, -0.1) is 0 Å². The van der Waals surface area contributed by atoms with Crippen LogP contribution in [0.4, 0.5) is 0 Å². The zero-order valence-electron chi connectivity index (χ0n) is 48.1. The molecular formula is C63H112O12. The fourth-order valence-corrected chi connectivity index (χ4v) is 9.35. The Hall–Kier alpha value is -3.06. The second-order valence-corrected chi connectivity index (χ2v) is 21.3. The Morgan fingerprint density at radius 2 is 0.760 bits per heavy atom. The standard InChI is InChI=1S/C63H112O12/c1-4-7-10-13-16-19-22-25-26-27-28-29-30-33-34-37-40-43-46-49-55(64)71-52-54(73-56(65)50-47-44-41-38-35-31-23-20-17-14-11-8-5-2)53-72-63-61(59(68)58(67)60(75-63)62(69)70)74-57(66)51-48-45-42-39-36-32-24-21-18-15-12-9-6-3/h20-21,23-26,54,58-61,63,67-68H,4-19,22,27-53H2,1-3H3,(H,69,70)/b23-20-,24-21-,26-25-. The molecule has 0 aromatic rings. The van der Waals surface area contributed by atoms with Crippen molar-refractivity contribution in [2.45, 2.75) is 327 Å². The molecule has 1 aliphatic heterocycles. The van der Waals surface area contributed by atoms with Crippen LogP contribution in [0.2, 0.25) is 0 Å². The molecule has 0 spiro atoms. The summed E-state index contributed by atoms with van der Waals surface area (Å²) in [6.45, 7) is 5.97. The van der Waals surface area contributed by atoms with Gasteiger partial charge in [0.1, 0.15) is 18.8 Å². The van der Waals surface area contributed by atoms with E-state index in [4.69, 9.17) is 23.7 Å². The van der Waals surface area contributed by atoms with Crippen LogP contribution in [-0.4, -0.2) is 89.2 Å². The molecule has 0 saturated carbocycles. The van der Waals surface area contributed by atoms with Crippen molar-refractivity contribution in [1.82, 2.24) is 0 Å². The van der Waals surface area contributed by atoms with Gasteiger partial charge < -0.3 is 39.0 Å². The second-order valence-electron chi connectivity index (χ2n) is 21.3. The van der Waals surface area contributed by atoms with E-state index in [-0.39, 0.29) is 25.9 Å². The Kier molecular flexibility index (Phi) is 48.2. The first-order valence-electron chi connectivity index (χ1n) is 31.0. The molecule has 0 amide bonds. The number of aliphatic hydroxyl groups is 2. The number of carboxylic acid groups (broad SMARTS) is 1. The van der Waals surface area contributed by atoms with Crippen molar-refractivity contribution in [2.24, 2.45) is 0 Å². The summed E-state index contributed by atoms with van der Waals surface area (Å²) < 4.78 is 28.4. The lowest BCUT2D eigenvalue weighted by molar-refractivity contribution is -0.301. The number of ether oxygens (including phenoxy) is 5. The van der Waals surface area contributed by atoms with Crippen LogP contribution >= 0.6 is 0 Å². The maximum Gasteiger partial charge on any atom is 0.335 e. The smallest absolute Gasteiger partial charge is 0.335 e. The molecule has 12 nitrogen and oxygen atoms in total. The maximum atomic E-state index is 13.1. The molecule has 0 aromatic heterocycles. The van der Waals surface area contributed by atoms with E-state index in [1.807, 2.05) is 0 Å². The topological polar surface area (TPSA) is 175 Å². The molecular weight excluding hydrogens is 949 g/mol. The molecule has 1 rings (SSSR count). The van der Waals surface area contributed by atoms with Crippen molar-refractivity contribution in [3.8, 4) is 0 Å². The predicted molar refractivity (Wildman–Crippen MR) is 303 cm³/mol. The van der Waals surface area contributed by atoms with Crippen molar-refractivity contribution >= 4 is 23.9 Å². The van der Waals surface area contributed by atoms with Gasteiger partial charge in [-0.2, -0.15) is 0 Å². The van der Waals surface area contributed by atoms with E-state index < -0.39 is 67.3 Å². The normalized spacial score (nSPS) is 18.3. The van der Waals surface area contributed by atoms with E-state index in [0.29, 0.717) is 19.3 Å². The SMILES string of the molecule is CCCCCC/C=C\CCCCCCCC(=O)OC(COC(=O)CCCCCCCCCCC/C=C\CCCCCCCC)COC1OC(C(=O)O)C(O)C(O)C1OC(=O)CCCCCCC/C=C\CCCCCC. The lowest BCUT2D eigenvalue weighted by Crippen LogP contribution is -2.61. The summed E-state index contributed by atoms with van der Waals surface area (Å²) in [5.41, 5.74) is 0. The van der Waals surface area contributed by atoms with Crippen molar-refractivity contribution < 1.29 is 58.2 Å². The summed E-state index contributed by atoms with van der Waals surface area (Å²) in [6, 6.07) is 0. The highest BCUT2D eigenvalue weighted by Gasteiger charge is 2.50. The summed E-state index contributed by atoms with van der Waals surface area (Å²) in [7, 11) is 0. The maximum absolute atomic E-state index is 13.1. The summed E-state index contributed by atoms with van der Waals surface area (Å²) in [4.78, 5) is 51.1. The Morgan fingerprint density at radius 1 is 0.427 bits per heavy atom. The molecule has 12 heteroatoms. The molecule has 0 aromatic carbocycles. The summed E-state index contributed by atoms with van der Waals surface area (Å²) in [5, 5.41) is 31.5. The first-order chi connectivity index (χ1) is 36.6. The van der Waals surface area contributed by atoms with E-state index in [9.17, 15) is 34.5 Å². The van der Waals surface area contributed by atoms with Crippen molar-refractivity contribution in [3.05, 3.63) is 36.5 Å². The lowest BCUT2D eigenvalue weighted by atomic mass is 9.98. The minimum Gasteiger partial charge on any atom is -0.479 e. The molecule has 1 saturated heterocycles. The van der Waals surface area contributed by atoms with Crippen LogP contribution in [0.5, 0.6) is 0 Å². The van der Waals surface area contributed by atoms with E-state index in [1.165, 1.54) is 135 Å². The van der Waals surface area contributed by atoms with Gasteiger partial charge in [0, 0.05) is 19.3 Å². The highest BCUT2D eigenvalue weighted by Crippen LogP contribution is 2.26. The number of hydrogen-bond acceptors (Lipinski definition) is 11. The molecule has 6 unspecified atom stereocenters. The van der Waals surface area contributed by atoms with Crippen molar-refractivity contribution in [3.63, 3.8) is 0 Å². The third-order valence-corrected chi connectivity index (χ3v) is 14.2. The zero-order chi connectivity index (χ0) is 54.7. The quantitative estimate of drug-likeness (QED) is 0.0228. The predicted octanol–water partition coefficient (Wildman–Crippen LogP) is 16.0. The van der Waals surface area contributed by atoms with Gasteiger partial charge in [-0.05, 0) is 96.3 Å². The number of carbonyl (C=O) groups excluding carboxylic acids is 3. The molecule has 6 atom stereocenters.